The van der Waals surface area contributed by atoms with E-state index in [1.807, 2.05) is 5.38 Å². The second-order valence-electron chi connectivity index (χ2n) is 3.34. The maximum absolute atomic E-state index is 5.94. The third kappa shape index (κ3) is 5.34. The molecule has 0 fully saturated rings. The fourth-order valence-electron chi connectivity index (χ4n) is 1.24. The van der Waals surface area contributed by atoms with E-state index in [0.717, 1.165) is 24.3 Å². The van der Waals surface area contributed by atoms with Crippen LogP contribution in [0.4, 0.5) is 0 Å². The maximum Gasteiger partial charge on any atom is 0.185 e. The van der Waals surface area contributed by atoms with Gasteiger partial charge in [0.25, 0.3) is 0 Å². The predicted molar refractivity (Wildman–Crippen MR) is 63.7 cm³/mol. The number of aromatic nitrogens is 1. The summed E-state index contributed by atoms with van der Waals surface area (Å²) in [5.74, 6) is 0.142. The molecule has 1 heterocycles. The molecule has 1 aromatic heterocycles. The first-order valence-electron chi connectivity index (χ1n) is 4.88. The lowest BCUT2D eigenvalue weighted by atomic mass is 10.1. The third-order valence-corrected chi connectivity index (χ3v) is 2.75. The van der Waals surface area contributed by atoms with Crippen molar-refractivity contribution in [3.05, 3.63) is 16.6 Å². The molecule has 1 rings (SSSR count). The van der Waals surface area contributed by atoms with Gasteiger partial charge in [-0.15, -0.1) is 11.3 Å². The standard InChI is InChI=1S/C9H17N5S/c10-7(2-1-3-14-9(11)12)6-8-13-4-5-15-8/h4-5,7H,1-3,6,10H2,(H4,11,12,14). The van der Waals surface area contributed by atoms with E-state index in [0.29, 0.717) is 6.54 Å². The van der Waals surface area contributed by atoms with Gasteiger partial charge in [0.05, 0.1) is 5.01 Å². The molecule has 0 aliphatic carbocycles. The van der Waals surface area contributed by atoms with Gasteiger partial charge < -0.3 is 17.2 Å². The van der Waals surface area contributed by atoms with Crippen molar-refractivity contribution < 1.29 is 0 Å². The Kier molecular flexibility index (Phi) is 5.06. The summed E-state index contributed by atoms with van der Waals surface area (Å²) in [6.07, 6.45) is 4.45. The maximum atomic E-state index is 5.94. The van der Waals surface area contributed by atoms with E-state index in [4.69, 9.17) is 17.2 Å². The van der Waals surface area contributed by atoms with Crippen LogP contribution in [0.25, 0.3) is 0 Å². The zero-order valence-electron chi connectivity index (χ0n) is 8.60. The summed E-state index contributed by atoms with van der Waals surface area (Å²) in [6.45, 7) is 0.647. The largest absolute Gasteiger partial charge is 0.370 e. The van der Waals surface area contributed by atoms with Crippen molar-refractivity contribution in [1.82, 2.24) is 4.98 Å². The Morgan fingerprint density at radius 3 is 2.93 bits per heavy atom. The predicted octanol–water partition coefficient (Wildman–Crippen LogP) is 0.0665. The lowest BCUT2D eigenvalue weighted by Crippen LogP contribution is -2.24. The highest BCUT2D eigenvalue weighted by Crippen LogP contribution is 2.08. The smallest absolute Gasteiger partial charge is 0.185 e. The van der Waals surface area contributed by atoms with Crippen LogP contribution in [0, 0.1) is 0 Å². The van der Waals surface area contributed by atoms with E-state index in [1.54, 1.807) is 17.5 Å². The fourth-order valence-corrected chi connectivity index (χ4v) is 1.95. The number of guanidine groups is 1. The zero-order valence-corrected chi connectivity index (χ0v) is 9.41. The van der Waals surface area contributed by atoms with Crippen molar-refractivity contribution in [2.45, 2.75) is 25.3 Å². The summed E-state index contributed by atoms with van der Waals surface area (Å²) < 4.78 is 0. The molecule has 0 aliphatic rings. The Hall–Kier alpha value is -1.14. The van der Waals surface area contributed by atoms with Gasteiger partial charge in [0.15, 0.2) is 5.96 Å². The molecule has 0 aliphatic heterocycles. The minimum atomic E-state index is 0.142. The van der Waals surface area contributed by atoms with Gasteiger partial charge in [0.1, 0.15) is 0 Å². The third-order valence-electron chi connectivity index (χ3n) is 1.95. The summed E-state index contributed by atoms with van der Waals surface area (Å²) in [7, 11) is 0. The summed E-state index contributed by atoms with van der Waals surface area (Å²) in [6, 6.07) is 0.144. The summed E-state index contributed by atoms with van der Waals surface area (Å²) in [4.78, 5) is 8.08. The molecule has 0 amide bonds. The van der Waals surface area contributed by atoms with E-state index in [9.17, 15) is 0 Å². The van der Waals surface area contributed by atoms with Gasteiger partial charge in [-0.2, -0.15) is 0 Å². The van der Waals surface area contributed by atoms with Gasteiger partial charge in [0.2, 0.25) is 0 Å². The molecule has 0 saturated carbocycles. The first-order chi connectivity index (χ1) is 7.18. The van der Waals surface area contributed by atoms with Crippen LogP contribution >= 0.6 is 11.3 Å². The highest BCUT2D eigenvalue weighted by molar-refractivity contribution is 7.09. The molecular weight excluding hydrogens is 210 g/mol. The first-order valence-corrected chi connectivity index (χ1v) is 5.76. The monoisotopic (exact) mass is 227 g/mol. The first kappa shape index (κ1) is 11.9. The van der Waals surface area contributed by atoms with Crippen LogP contribution in [0.2, 0.25) is 0 Å². The minimum absolute atomic E-state index is 0.142. The Balaban J connectivity index is 2.14. The minimum Gasteiger partial charge on any atom is -0.370 e. The molecule has 0 spiro atoms. The summed E-state index contributed by atoms with van der Waals surface area (Å²) >= 11 is 1.64. The number of hydrogen-bond donors (Lipinski definition) is 3. The Bertz CT molecular complexity index is 291. The molecule has 0 saturated heterocycles. The van der Waals surface area contributed by atoms with E-state index >= 15 is 0 Å². The van der Waals surface area contributed by atoms with E-state index in [1.165, 1.54) is 0 Å². The molecule has 0 radical (unpaired) electrons. The summed E-state index contributed by atoms with van der Waals surface area (Å²) in [5.41, 5.74) is 16.4. The van der Waals surface area contributed by atoms with Gasteiger partial charge >= 0.3 is 0 Å². The number of nitrogens with two attached hydrogens (primary N) is 3. The molecule has 1 unspecified atom stereocenters. The SMILES string of the molecule is NC(N)=NCCCC(N)Cc1nccs1. The molecule has 0 bridgehead atoms. The van der Waals surface area contributed by atoms with Crippen LogP contribution in [0.15, 0.2) is 16.6 Å². The zero-order chi connectivity index (χ0) is 11.1. The van der Waals surface area contributed by atoms with Crippen molar-refractivity contribution in [3.8, 4) is 0 Å². The van der Waals surface area contributed by atoms with Gasteiger partial charge in [-0.25, -0.2) is 4.98 Å². The second kappa shape index (κ2) is 6.36. The molecule has 1 aromatic rings. The molecule has 6 N–H and O–H groups in total. The lowest BCUT2D eigenvalue weighted by Gasteiger charge is -2.08. The quantitative estimate of drug-likeness (QED) is 0.363. The Labute approximate surface area is 93.4 Å². The molecule has 0 aromatic carbocycles. The van der Waals surface area contributed by atoms with Gasteiger partial charge in [-0.05, 0) is 12.8 Å². The van der Waals surface area contributed by atoms with Gasteiger partial charge in [0, 0.05) is 30.6 Å². The fraction of sp³-hybridized carbons (Fsp3) is 0.556. The Morgan fingerprint density at radius 2 is 2.33 bits per heavy atom. The van der Waals surface area contributed by atoms with Crippen LogP contribution in [-0.2, 0) is 6.42 Å². The van der Waals surface area contributed by atoms with Crippen LogP contribution < -0.4 is 17.2 Å². The highest BCUT2D eigenvalue weighted by atomic mass is 32.1. The van der Waals surface area contributed by atoms with Crippen molar-refractivity contribution >= 4 is 17.3 Å². The lowest BCUT2D eigenvalue weighted by molar-refractivity contribution is 0.584. The van der Waals surface area contributed by atoms with Crippen molar-refractivity contribution in [2.24, 2.45) is 22.2 Å². The van der Waals surface area contributed by atoms with Gasteiger partial charge in [-0.1, -0.05) is 0 Å². The average molecular weight is 227 g/mol. The Morgan fingerprint density at radius 1 is 1.53 bits per heavy atom. The summed E-state index contributed by atoms with van der Waals surface area (Å²) in [5, 5.41) is 3.05. The van der Waals surface area contributed by atoms with Crippen molar-refractivity contribution in [3.63, 3.8) is 0 Å². The number of nitrogens with zero attached hydrogens (tertiary/aromatic N) is 2. The molecular formula is C9H17N5S. The number of rotatable bonds is 6. The average Bonchev–Trinajstić information content (AvgIpc) is 2.64. The van der Waals surface area contributed by atoms with Crippen LogP contribution in [-0.4, -0.2) is 23.5 Å². The van der Waals surface area contributed by atoms with Gasteiger partial charge in [-0.3, -0.25) is 4.99 Å². The molecule has 6 heteroatoms. The number of thiazole rings is 1. The highest BCUT2D eigenvalue weighted by Gasteiger charge is 2.05. The topological polar surface area (TPSA) is 103 Å². The van der Waals surface area contributed by atoms with E-state index in [-0.39, 0.29) is 12.0 Å². The van der Waals surface area contributed by atoms with Crippen molar-refractivity contribution in [2.75, 3.05) is 6.54 Å². The molecule has 15 heavy (non-hydrogen) atoms. The van der Waals surface area contributed by atoms with E-state index < -0.39 is 0 Å². The molecule has 5 nitrogen and oxygen atoms in total. The van der Waals surface area contributed by atoms with E-state index in [2.05, 4.69) is 9.98 Å². The second-order valence-corrected chi connectivity index (χ2v) is 4.32. The number of hydrogen-bond acceptors (Lipinski definition) is 4. The number of aliphatic imine (C=N–C) groups is 1. The molecule has 84 valence electrons. The van der Waals surface area contributed by atoms with Crippen LogP contribution in [0.5, 0.6) is 0 Å². The molecule has 1 atom stereocenters. The van der Waals surface area contributed by atoms with Crippen molar-refractivity contribution in [1.29, 1.82) is 0 Å². The van der Waals surface area contributed by atoms with Crippen LogP contribution in [0.3, 0.4) is 0 Å². The van der Waals surface area contributed by atoms with Crippen LogP contribution in [0.1, 0.15) is 17.8 Å². The normalized spacial score (nSPS) is 12.3.